The molecule has 380 valence electrons. The van der Waals surface area contributed by atoms with E-state index in [1.54, 1.807) is 53.0 Å². The van der Waals surface area contributed by atoms with Crippen LogP contribution in [0.25, 0.3) is 0 Å². The first-order valence-electron chi connectivity index (χ1n) is 24.4. The van der Waals surface area contributed by atoms with Gasteiger partial charge in [-0.15, -0.1) is 0 Å². The Labute approximate surface area is 397 Å². The van der Waals surface area contributed by atoms with Gasteiger partial charge in [-0.2, -0.15) is 0 Å². The van der Waals surface area contributed by atoms with Crippen LogP contribution < -0.4 is 0 Å². The molecule has 2 bridgehead atoms. The van der Waals surface area contributed by atoms with Gasteiger partial charge in [0.15, 0.2) is 5.78 Å². The number of rotatable bonds is 6. The number of cyclic esters (lactones) is 1. The molecule has 16 nitrogen and oxygen atoms in total. The van der Waals surface area contributed by atoms with Crippen LogP contribution in [0.2, 0.25) is 0 Å². The monoisotopic (exact) mass is 948 g/mol. The number of carbonyl (C=O) groups is 5. The molecule has 1 saturated carbocycles. The third-order valence-electron chi connectivity index (χ3n) is 15.0. The summed E-state index contributed by atoms with van der Waals surface area (Å²) in [6.45, 7) is 11.9. The molecule has 5 N–H and O–H groups in total. The van der Waals surface area contributed by atoms with Crippen LogP contribution in [-0.2, 0) is 47.7 Å². The van der Waals surface area contributed by atoms with Crippen molar-refractivity contribution >= 4 is 29.2 Å². The van der Waals surface area contributed by atoms with E-state index in [9.17, 15) is 49.5 Å². The lowest BCUT2D eigenvalue weighted by atomic mass is 9.78. The number of amides is 1. The molecule has 0 spiro atoms. The van der Waals surface area contributed by atoms with E-state index < -0.39 is 95.6 Å². The Bertz CT molecular complexity index is 1780. The molecule has 2 unspecified atom stereocenters. The summed E-state index contributed by atoms with van der Waals surface area (Å²) in [7, 11) is 4.25. The summed E-state index contributed by atoms with van der Waals surface area (Å²) >= 11 is 0. The number of allylic oxidation sites excluding steroid dienone is 4. The molecule has 67 heavy (non-hydrogen) atoms. The number of methoxy groups -OCH3 is 3. The topological polar surface area (TPSA) is 236 Å². The van der Waals surface area contributed by atoms with Gasteiger partial charge in [0.2, 0.25) is 5.79 Å². The molecule has 0 radical (unpaired) electrons. The Hall–Kier alpha value is -3.19. The standard InChI is InChI=1S/C51H81NO15/c1-29-15-11-12-17-42(55)50(7,61)43(64-9)27-36-20-18-34(6)51(62,67-36)47(58)48(59)52-22-14-13-16-37(52)49(60)66-40(31(3)25-35-19-21-38(53)41(26-35)63-8)28-39(54)30(2)24-33(5)45(57)46(65-10)44(56)32(4)23-29/h11-12,15,17,24,29-32,34-38,40-43,45-46,53,55,57,61-62H,13-14,16,18-23,25-28H2,1-10H3/b15-11+,17-12?,33-24+/t29-,30-,31-,32-,34-,35+,36+,37+,38-,40+,41-,42?,43+,45-,46+,50?,51-/m1/s1. The summed E-state index contributed by atoms with van der Waals surface area (Å²) in [5, 5.41) is 56.6. The summed E-state index contributed by atoms with van der Waals surface area (Å²) in [4.78, 5) is 71.8. The van der Waals surface area contributed by atoms with Gasteiger partial charge in [0.25, 0.3) is 11.7 Å². The van der Waals surface area contributed by atoms with Crippen LogP contribution >= 0.6 is 0 Å². The number of carbonyl (C=O) groups excluding carboxylic acids is 5. The summed E-state index contributed by atoms with van der Waals surface area (Å²) < 4.78 is 29.1. The third kappa shape index (κ3) is 14.2. The van der Waals surface area contributed by atoms with Crippen LogP contribution in [0.1, 0.15) is 126 Å². The predicted molar refractivity (Wildman–Crippen MR) is 248 cm³/mol. The molecular formula is C51H81NO15. The zero-order valence-corrected chi connectivity index (χ0v) is 41.5. The molecule has 3 heterocycles. The van der Waals surface area contributed by atoms with Crippen molar-refractivity contribution in [1.82, 2.24) is 4.90 Å². The quantitative estimate of drug-likeness (QED) is 0.142. The number of nitrogens with zero attached hydrogens (tertiary/aromatic N) is 1. The average Bonchev–Trinajstić information content (AvgIpc) is 3.29. The highest BCUT2D eigenvalue weighted by molar-refractivity contribution is 6.39. The first-order chi connectivity index (χ1) is 31.5. The van der Waals surface area contributed by atoms with Crippen molar-refractivity contribution in [2.45, 2.75) is 192 Å². The lowest BCUT2D eigenvalue weighted by Crippen LogP contribution is -2.61. The Kier molecular flexibility index (Phi) is 21.1. The molecular weight excluding hydrogens is 867 g/mol. The SMILES string of the molecule is CO[C@H]1C[C@@H]2CC[C@@H](C)[C@@](O)(O2)C(=O)C(=O)N2CCCC[C@H]2C(=O)O[C@H]([C@H](C)C[C@@H]2CC[C@@H](O)[C@H](OC)C2)CC(=O)[C@H](C)/C=C(\C)[C@@H](O)[C@@H](OC)C(=O)[C@H](C)C[C@H](C)/C=C/C=CC(O)C1(C)O. The molecule has 4 aliphatic rings. The van der Waals surface area contributed by atoms with Crippen molar-refractivity contribution in [1.29, 1.82) is 0 Å². The second-order valence-electron chi connectivity index (χ2n) is 20.4. The average molecular weight is 948 g/mol. The zero-order chi connectivity index (χ0) is 50.0. The van der Waals surface area contributed by atoms with E-state index in [2.05, 4.69) is 0 Å². The second kappa shape index (κ2) is 25.1. The molecule has 0 aromatic heterocycles. The molecule has 2 saturated heterocycles. The summed E-state index contributed by atoms with van der Waals surface area (Å²) in [5.41, 5.74) is -1.52. The number of hydrogen-bond acceptors (Lipinski definition) is 15. The Morgan fingerprint density at radius 2 is 1.54 bits per heavy atom. The largest absolute Gasteiger partial charge is 0.460 e. The number of ether oxygens (including phenoxy) is 5. The van der Waals surface area contributed by atoms with E-state index in [-0.39, 0.29) is 67.7 Å². The summed E-state index contributed by atoms with van der Waals surface area (Å²) in [6, 6.07) is -1.20. The van der Waals surface area contributed by atoms with Gasteiger partial charge < -0.3 is 54.1 Å². The lowest BCUT2D eigenvalue weighted by molar-refractivity contribution is -0.270. The second-order valence-corrected chi connectivity index (χ2v) is 20.4. The minimum Gasteiger partial charge on any atom is -0.460 e. The Balaban J connectivity index is 1.72. The maximum Gasteiger partial charge on any atom is 0.329 e. The molecule has 16 heteroatoms. The van der Waals surface area contributed by atoms with E-state index in [4.69, 9.17) is 23.7 Å². The highest BCUT2D eigenvalue weighted by Gasteiger charge is 2.54. The van der Waals surface area contributed by atoms with Gasteiger partial charge in [-0.1, -0.05) is 65.0 Å². The number of piperidine rings is 1. The van der Waals surface area contributed by atoms with Gasteiger partial charge in [0.05, 0.1) is 24.4 Å². The van der Waals surface area contributed by atoms with Gasteiger partial charge in [-0.05, 0) is 101 Å². The van der Waals surface area contributed by atoms with E-state index in [0.29, 0.717) is 56.9 Å². The fourth-order valence-corrected chi connectivity index (χ4v) is 10.4. The molecule has 4 rings (SSSR count). The smallest absolute Gasteiger partial charge is 0.329 e. The van der Waals surface area contributed by atoms with Gasteiger partial charge in [-0.25, -0.2) is 4.79 Å². The maximum atomic E-state index is 14.4. The number of esters is 1. The van der Waals surface area contributed by atoms with Crippen LogP contribution in [0, 0.1) is 35.5 Å². The van der Waals surface area contributed by atoms with Crippen molar-refractivity contribution in [2.75, 3.05) is 27.9 Å². The molecule has 0 aromatic carbocycles. The van der Waals surface area contributed by atoms with E-state index in [0.717, 1.165) is 4.90 Å². The highest BCUT2D eigenvalue weighted by atomic mass is 16.6. The molecule has 1 amide bonds. The van der Waals surface area contributed by atoms with Crippen molar-refractivity contribution in [3.63, 3.8) is 0 Å². The van der Waals surface area contributed by atoms with Crippen molar-refractivity contribution < 1.29 is 73.2 Å². The van der Waals surface area contributed by atoms with E-state index in [1.807, 2.05) is 19.9 Å². The van der Waals surface area contributed by atoms with Gasteiger partial charge >= 0.3 is 5.97 Å². The minimum atomic E-state index is -2.57. The normalized spacial score (nSPS) is 41.7. The molecule has 17 atom stereocenters. The van der Waals surface area contributed by atoms with Crippen LogP contribution in [0.4, 0.5) is 0 Å². The number of Topliss-reactive ketones (excluding diaryl/α,β-unsaturated/α-hetero) is 3. The minimum absolute atomic E-state index is 0.0293. The van der Waals surface area contributed by atoms with Crippen LogP contribution in [0.5, 0.6) is 0 Å². The van der Waals surface area contributed by atoms with E-state index in [1.165, 1.54) is 27.2 Å². The number of hydrogen-bond donors (Lipinski definition) is 5. The van der Waals surface area contributed by atoms with E-state index >= 15 is 0 Å². The molecule has 3 aliphatic heterocycles. The predicted octanol–water partition coefficient (Wildman–Crippen LogP) is 4.35. The maximum absolute atomic E-state index is 14.4. The fraction of sp³-hybridized carbons (Fsp3) is 0.784. The van der Waals surface area contributed by atoms with Gasteiger partial charge in [0, 0.05) is 58.5 Å². The molecule has 3 fully saturated rings. The number of aliphatic hydroxyl groups is 5. The third-order valence-corrected chi connectivity index (χ3v) is 15.0. The van der Waals surface area contributed by atoms with Gasteiger partial charge in [-0.3, -0.25) is 19.2 Å². The van der Waals surface area contributed by atoms with Crippen molar-refractivity contribution in [3.8, 4) is 0 Å². The fourth-order valence-electron chi connectivity index (χ4n) is 10.4. The number of ketones is 3. The molecule has 1 aliphatic carbocycles. The number of aliphatic hydroxyl groups excluding tert-OH is 3. The zero-order valence-electron chi connectivity index (χ0n) is 41.5. The summed E-state index contributed by atoms with van der Waals surface area (Å²) in [5.74, 6) is -8.87. The summed E-state index contributed by atoms with van der Waals surface area (Å²) in [6.07, 6.45) is 4.50. The Morgan fingerprint density at radius 1 is 0.851 bits per heavy atom. The van der Waals surface area contributed by atoms with Crippen LogP contribution in [-0.4, -0.2) is 154 Å². The van der Waals surface area contributed by atoms with Crippen molar-refractivity contribution in [3.05, 3.63) is 36.0 Å². The van der Waals surface area contributed by atoms with Gasteiger partial charge in [0.1, 0.15) is 41.8 Å². The first-order valence-corrected chi connectivity index (χ1v) is 24.4. The lowest BCUT2D eigenvalue weighted by Gasteiger charge is -2.44. The van der Waals surface area contributed by atoms with Crippen LogP contribution in [0.15, 0.2) is 36.0 Å². The first kappa shape index (κ1) is 56.4. The number of fused-ring (bicyclic) bond motifs is 3. The Morgan fingerprint density at radius 3 is 2.19 bits per heavy atom. The highest BCUT2D eigenvalue weighted by Crippen LogP contribution is 2.38. The molecule has 0 aromatic rings. The van der Waals surface area contributed by atoms with Crippen LogP contribution in [0.3, 0.4) is 0 Å². The van der Waals surface area contributed by atoms with Crippen molar-refractivity contribution in [2.24, 2.45) is 35.5 Å².